The Morgan fingerprint density at radius 3 is 2.91 bits per heavy atom. The molecule has 0 bridgehead atoms. The highest BCUT2D eigenvalue weighted by molar-refractivity contribution is 6.07. The van der Waals surface area contributed by atoms with Crippen LogP contribution in [0.1, 0.15) is 35.7 Å². The zero-order valence-corrected chi connectivity index (χ0v) is 12.9. The van der Waals surface area contributed by atoms with E-state index in [2.05, 4.69) is 18.9 Å². The summed E-state index contributed by atoms with van der Waals surface area (Å²) in [6, 6.07) is 7.77. The molecular formula is C17H21N3O2. The molecule has 0 aliphatic carbocycles. The summed E-state index contributed by atoms with van der Waals surface area (Å²) >= 11 is 0. The second-order valence-electron chi connectivity index (χ2n) is 6.20. The van der Waals surface area contributed by atoms with Gasteiger partial charge in [-0.1, -0.05) is 32.0 Å². The first-order chi connectivity index (χ1) is 10.6. The van der Waals surface area contributed by atoms with Crippen LogP contribution in [0.3, 0.4) is 0 Å². The third-order valence-electron chi connectivity index (χ3n) is 3.97. The van der Waals surface area contributed by atoms with Gasteiger partial charge >= 0.3 is 0 Å². The molecule has 2 aromatic rings. The first kappa shape index (κ1) is 14.8. The molecule has 1 unspecified atom stereocenters. The van der Waals surface area contributed by atoms with Gasteiger partial charge in [-0.15, -0.1) is 0 Å². The van der Waals surface area contributed by atoms with Crippen molar-refractivity contribution in [1.82, 2.24) is 9.78 Å². The van der Waals surface area contributed by atoms with Crippen LogP contribution in [0.25, 0.3) is 0 Å². The lowest BCUT2D eigenvalue weighted by atomic mass is 10.0. The zero-order valence-electron chi connectivity index (χ0n) is 12.9. The maximum absolute atomic E-state index is 12.8. The maximum Gasteiger partial charge on any atom is 0.261 e. The number of aliphatic hydroxyl groups excluding tert-OH is 1. The third-order valence-corrected chi connectivity index (χ3v) is 3.97. The fraction of sp³-hybridized carbons (Fsp3) is 0.412. The van der Waals surface area contributed by atoms with E-state index >= 15 is 0 Å². The van der Waals surface area contributed by atoms with Crippen molar-refractivity contribution in [1.29, 1.82) is 0 Å². The van der Waals surface area contributed by atoms with Crippen molar-refractivity contribution < 1.29 is 9.90 Å². The average molecular weight is 299 g/mol. The monoisotopic (exact) mass is 299 g/mol. The van der Waals surface area contributed by atoms with E-state index in [1.165, 1.54) is 0 Å². The molecule has 1 N–H and O–H groups in total. The summed E-state index contributed by atoms with van der Waals surface area (Å²) in [5.74, 6) is 0.415. The van der Waals surface area contributed by atoms with Crippen molar-refractivity contribution in [3.05, 3.63) is 47.8 Å². The molecule has 22 heavy (non-hydrogen) atoms. The molecule has 0 spiro atoms. The van der Waals surface area contributed by atoms with Gasteiger partial charge in [-0.3, -0.25) is 9.48 Å². The highest BCUT2D eigenvalue weighted by atomic mass is 16.3. The Morgan fingerprint density at radius 2 is 2.18 bits per heavy atom. The van der Waals surface area contributed by atoms with E-state index in [0.717, 1.165) is 17.8 Å². The number of rotatable bonds is 4. The minimum absolute atomic E-state index is 0.00846. The third kappa shape index (κ3) is 2.64. The Labute approximate surface area is 130 Å². The second-order valence-corrected chi connectivity index (χ2v) is 6.20. The highest BCUT2D eigenvalue weighted by Crippen LogP contribution is 2.36. The molecule has 116 valence electrons. The Morgan fingerprint density at radius 1 is 1.41 bits per heavy atom. The van der Waals surface area contributed by atoms with E-state index in [1.54, 1.807) is 17.3 Å². The molecule has 0 saturated carbocycles. The number of carbonyl (C=O) groups is 1. The van der Waals surface area contributed by atoms with E-state index in [0.29, 0.717) is 18.0 Å². The Kier molecular flexibility index (Phi) is 3.98. The van der Waals surface area contributed by atoms with Crippen molar-refractivity contribution in [2.24, 2.45) is 5.92 Å². The largest absolute Gasteiger partial charge is 0.396 e. The normalized spacial score (nSPS) is 17.1. The standard InChI is InChI=1S/C17H21N3O2/c1-12(2)8-19-9-13(7-18-19)17(22)20-10-14(11-21)15-5-3-4-6-16(15)20/h3-7,9,12,14,21H,8,10-11H2,1-2H3. The molecule has 1 amide bonds. The van der Waals surface area contributed by atoms with Gasteiger partial charge < -0.3 is 10.0 Å². The van der Waals surface area contributed by atoms with Crippen LogP contribution >= 0.6 is 0 Å². The minimum Gasteiger partial charge on any atom is -0.396 e. The lowest BCUT2D eigenvalue weighted by Gasteiger charge is -2.16. The molecule has 0 saturated heterocycles. The number of benzene rings is 1. The molecule has 0 fully saturated rings. The smallest absolute Gasteiger partial charge is 0.261 e. The molecule has 1 aliphatic heterocycles. The fourth-order valence-corrected chi connectivity index (χ4v) is 2.95. The van der Waals surface area contributed by atoms with E-state index < -0.39 is 0 Å². The van der Waals surface area contributed by atoms with Gasteiger partial charge in [0.2, 0.25) is 0 Å². The molecule has 3 rings (SSSR count). The summed E-state index contributed by atoms with van der Waals surface area (Å²) in [6.07, 6.45) is 3.43. The number of hydrogen-bond acceptors (Lipinski definition) is 3. The number of amides is 1. The van der Waals surface area contributed by atoms with Gasteiger partial charge in [-0.25, -0.2) is 0 Å². The number of nitrogens with zero attached hydrogens (tertiary/aromatic N) is 3. The van der Waals surface area contributed by atoms with Crippen molar-refractivity contribution >= 4 is 11.6 Å². The molecule has 1 atom stereocenters. The Balaban J connectivity index is 1.85. The Hall–Kier alpha value is -2.14. The molecule has 2 heterocycles. The van der Waals surface area contributed by atoms with Crippen molar-refractivity contribution in [2.75, 3.05) is 18.1 Å². The molecule has 1 aromatic carbocycles. The number of anilines is 1. The van der Waals surface area contributed by atoms with Crippen molar-refractivity contribution in [2.45, 2.75) is 26.3 Å². The fourth-order valence-electron chi connectivity index (χ4n) is 2.95. The summed E-state index contributed by atoms with van der Waals surface area (Å²) in [5, 5.41) is 13.8. The number of fused-ring (bicyclic) bond motifs is 1. The minimum atomic E-state index is -0.0570. The highest BCUT2D eigenvalue weighted by Gasteiger charge is 2.32. The average Bonchev–Trinajstić information content (AvgIpc) is 3.10. The van der Waals surface area contributed by atoms with Crippen molar-refractivity contribution in [3.63, 3.8) is 0 Å². The van der Waals surface area contributed by atoms with E-state index in [4.69, 9.17) is 0 Å². The van der Waals surface area contributed by atoms with Crippen LogP contribution in [0.5, 0.6) is 0 Å². The van der Waals surface area contributed by atoms with E-state index in [9.17, 15) is 9.90 Å². The molecule has 1 aliphatic rings. The van der Waals surface area contributed by atoms with Gasteiger partial charge in [0.1, 0.15) is 0 Å². The summed E-state index contributed by atoms with van der Waals surface area (Å²) < 4.78 is 1.81. The van der Waals surface area contributed by atoms with Gasteiger partial charge in [-0.05, 0) is 17.5 Å². The van der Waals surface area contributed by atoms with Crippen LogP contribution in [0.4, 0.5) is 5.69 Å². The predicted octanol–water partition coefficient (Wildman–Crippen LogP) is 2.28. The first-order valence-electron chi connectivity index (χ1n) is 7.64. The van der Waals surface area contributed by atoms with Gasteiger partial charge in [0, 0.05) is 30.9 Å². The second kappa shape index (κ2) is 5.93. The van der Waals surface area contributed by atoms with Gasteiger partial charge in [0.25, 0.3) is 5.91 Å². The van der Waals surface area contributed by atoms with Gasteiger partial charge in [0.15, 0.2) is 0 Å². The number of para-hydroxylation sites is 1. The van der Waals surface area contributed by atoms with Crippen LogP contribution in [-0.2, 0) is 6.54 Å². The van der Waals surface area contributed by atoms with Gasteiger partial charge in [-0.2, -0.15) is 5.10 Å². The lowest BCUT2D eigenvalue weighted by molar-refractivity contribution is 0.0986. The van der Waals surface area contributed by atoms with Crippen LogP contribution in [0.15, 0.2) is 36.7 Å². The molecule has 0 radical (unpaired) electrons. The van der Waals surface area contributed by atoms with Crippen LogP contribution in [0.2, 0.25) is 0 Å². The number of carbonyl (C=O) groups excluding carboxylic acids is 1. The number of hydrogen-bond donors (Lipinski definition) is 1. The lowest BCUT2D eigenvalue weighted by Crippen LogP contribution is -2.30. The number of aromatic nitrogens is 2. The van der Waals surface area contributed by atoms with E-state index in [-0.39, 0.29) is 18.4 Å². The van der Waals surface area contributed by atoms with Crippen molar-refractivity contribution in [3.8, 4) is 0 Å². The van der Waals surface area contributed by atoms with E-state index in [1.807, 2.05) is 28.9 Å². The Bertz CT molecular complexity index is 678. The predicted molar refractivity (Wildman–Crippen MR) is 85.0 cm³/mol. The summed E-state index contributed by atoms with van der Waals surface area (Å²) in [7, 11) is 0. The van der Waals surface area contributed by atoms with Crippen LogP contribution in [-0.4, -0.2) is 33.9 Å². The molecular weight excluding hydrogens is 278 g/mol. The maximum atomic E-state index is 12.8. The topological polar surface area (TPSA) is 58.4 Å². The zero-order chi connectivity index (χ0) is 15.7. The molecule has 1 aromatic heterocycles. The quantitative estimate of drug-likeness (QED) is 0.942. The van der Waals surface area contributed by atoms with Crippen LogP contribution in [0, 0.1) is 5.92 Å². The number of aliphatic hydroxyl groups is 1. The van der Waals surface area contributed by atoms with Gasteiger partial charge in [0.05, 0.1) is 18.4 Å². The molecule has 5 nitrogen and oxygen atoms in total. The molecule has 5 heteroatoms. The SMILES string of the molecule is CC(C)Cn1cc(C(=O)N2CC(CO)c3ccccc32)cn1. The first-order valence-corrected chi connectivity index (χ1v) is 7.64. The summed E-state index contributed by atoms with van der Waals surface area (Å²) in [5.41, 5.74) is 2.52. The summed E-state index contributed by atoms with van der Waals surface area (Å²) in [6.45, 7) is 5.60. The van der Waals surface area contributed by atoms with Crippen LogP contribution < -0.4 is 4.90 Å². The summed E-state index contributed by atoms with van der Waals surface area (Å²) in [4.78, 5) is 14.5.